The normalized spacial score (nSPS) is 13.1. The molecule has 0 aromatic heterocycles. The highest BCUT2D eigenvalue weighted by Gasteiger charge is 2.37. The summed E-state index contributed by atoms with van der Waals surface area (Å²) >= 11 is 0. The van der Waals surface area contributed by atoms with Crippen LogP contribution in [0.3, 0.4) is 0 Å². The molecule has 0 amide bonds. The second-order valence-electron chi connectivity index (χ2n) is 5.03. The summed E-state index contributed by atoms with van der Waals surface area (Å²) in [5.41, 5.74) is 6.69. The molecule has 0 spiro atoms. The van der Waals surface area contributed by atoms with Gasteiger partial charge in [0.1, 0.15) is 6.54 Å². The van der Waals surface area contributed by atoms with Crippen molar-refractivity contribution in [2.45, 2.75) is 38.4 Å². The summed E-state index contributed by atoms with van der Waals surface area (Å²) in [6.45, 7) is 1.68. The van der Waals surface area contributed by atoms with Gasteiger partial charge in [-0.3, -0.25) is 0 Å². The molecule has 21 heavy (non-hydrogen) atoms. The lowest BCUT2D eigenvalue weighted by Crippen LogP contribution is -2.43. The van der Waals surface area contributed by atoms with Crippen molar-refractivity contribution in [3.63, 3.8) is 0 Å². The monoisotopic (exact) mass is 324 g/mol. The standard InChI is InChI=1S/C13H19F3N2O2S/c1-10(2)18(9-13(14,15)16)21(19,20)8-12-5-3-11(7-17)4-6-12/h3-6,10H,7-9,17H2,1-2H3. The Labute approximate surface area is 122 Å². The van der Waals surface area contributed by atoms with Gasteiger partial charge in [-0.2, -0.15) is 17.5 Å². The highest BCUT2D eigenvalue weighted by atomic mass is 32.2. The minimum atomic E-state index is -4.57. The molecule has 0 unspecified atom stereocenters. The van der Waals surface area contributed by atoms with Crippen molar-refractivity contribution in [2.75, 3.05) is 6.54 Å². The maximum absolute atomic E-state index is 12.5. The van der Waals surface area contributed by atoms with Gasteiger partial charge in [0.15, 0.2) is 0 Å². The van der Waals surface area contributed by atoms with E-state index in [0.717, 1.165) is 5.56 Å². The highest BCUT2D eigenvalue weighted by molar-refractivity contribution is 7.88. The summed E-state index contributed by atoms with van der Waals surface area (Å²) in [6, 6.07) is 5.68. The highest BCUT2D eigenvalue weighted by Crippen LogP contribution is 2.22. The Bertz CT molecular complexity index is 554. The average molecular weight is 324 g/mol. The Morgan fingerprint density at radius 2 is 1.62 bits per heavy atom. The first-order chi connectivity index (χ1) is 9.55. The minimum Gasteiger partial charge on any atom is -0.326 e. The first-order valence-electron chi connectivity index (χ1n) is 6.39. The van der Waals surface area contributed by atoms with Crippen molar-refractivity contribution in [1.29, 1.82) is 0 Å². The molecule has 0 aliphatic rings. The molecule has 120 valence electrons. The van der Waals surface area contributed by atoms with E-state index in [2.05, 4.69) is 0 Å². The summed E-state index contributed by atoms with van der Waals surface area (Å²) in [7, 11) is -4.05. The van der Waals surface area contributed by atoms with Gasteiger partial charge in [-0.05, 0) is 25.0 Å². The zero-order valence-corrected chi connectivity index (χ0v) is 12.7. The Morgan fingerprint density at radius 1 is 1.14 bits per heavy atom. The summed E-state index contributed by atoms with van der Waals surface area (Å²) < 4.78 is 62.4. The van der Waals surface area contributed by atoms with Crippen molar-refractivity contribution >= 4 is 10.0 Å². The van der Waals surface area contributed by atoms with E-state index in [9.17, 15) is 21.6 Å². The van der Waals surface area contributed by atoms with Gasteiger partial charge in [-0.1, -0.05) is 24.3 Å². The van der Waals surface area contributed by atoms with Gasteiger partial charge in [-0.25, -0.2) is 8.42 Å². The summed E-state index contributed by atoms with van der Waals surface area (Å²) in [5.74, 6) is -0.466. The molecule has 0 radical (unpaired) electrons. The van der Waals surface area contributed by atoms with E-state index < -0.39 is 34.5 Å². The van der Waals surface area contributed by atoms with Crippen molar-refractivity contribution in [3.05, 3.63) is 35.4 Å². The lowest BCUT2D eigenvalue weighted by molar-refractivity contribution is -0.138. The molecule has 8 heteroatoms. The van der Waals surface area contributed by atoms with Crippen LogP contribution >= 0.6 is 0 Å². The Morgan fingerprint density at radius 3 is 2.00 bits per heavy atom. The fraction of sp³-hybridized carbons (Fsp3) is 0.538. The van der Waals surface area contributed by atoms with E-state index >= 15 is 0 Å². The first kappa shape index (κ1) is 17.9. The molecule has 0 aliphatic heterocycles. The molecule has 1 rings (SSSR count). The van der Waals surface area contributed by atoms with Crippen molar-refractivity contribution < 1.29 is 21.6 Å². The lowest BCUT2D eigenvalue weighted by atomic mass is 10.1. The van der Waals surface area contributed by atoms with Crippen LogP contribution in [0.2, 0.25) is 0 Å². The van der Waals surface area contributed by atoms with E-state index in [-0.39, 0.29) is 0 Å². The van der Waals surface area contributed by atoms with Crippen LogP contribution in [0, 0.1) is 0 Å². The lowest BCUT2D eigenvalue weighted by Gasteiger charge is -2.26. The third-order valence-electron chi connectivity index (χ3n) is 2.88. The van der Waals surface area contributed by atoms with Crippen LogP contribution in [0.25, 0.3) is 0 Å². The molecule has 1 aromatic rings. The zero-order valence-electron chi connectivity index (χ0n) is 11.9. The maximum atomic E-state index is 12.5. The predicted octanol–water partition coefficient (Wildman–Crippen LogP) is 2.25. The van der Waals surface area contributed by atoms with Crippen LogP contribution in [0.4, 0.5) is 13.2 Å². The van der Waals surface area contributed by atoms with Crippen LogP contribution in [-0.4, -0.2) is 31.5 Å². The van der Waals surface area contributed by atoms with Crippen molar-refractivity contribution in [3.8, 4) is 0 Å². The average Bonchev–Trinajstić information content (AvgIpc) is 2.35. The van der Waals surface area contributed by atoms with Crippen LogP contribution in [0.1, 0.15) is 25.0 Å². The quantitative estimate of drug-likeness (QED) is 0.873. The first-order valence-corrected chi connectivity index (χ1v) is 8.00. The van der Waals surface area contributed by atoms with Gasteiger partial charge in [-0.15, -0.1) is 0 Å². The number of hydrogen-bond donors (Lipinski definition) is 1. The van der Waals surface area contributed by atoms with Gasteiger partial charge in [0.05, 0.1) is 5.75 Å². The molecule has 0 aliphatic carbocycles. The van der Waals surface area contributed by atoms with Crippen LogP contribution < -0.4 is 5.73 Å². The fourth-order valence-electron chi connectivity index (χ4n) is 1.84. The van der Waals surface area contributed by atoms with Gasteiger partial charge in [0.2, 0.25) is 10.0 Å². The molecule has 0 fully saturated rings. The Hall–Kier alpha value is -1.12. The van der Waals surface area contributed by atoms with Crippen LogP contribution in [0.5, 0.6) is 0 Å². The number of nitrogens with two attached hydrogens (primary N) is 1. The summed E-state index contributed by atoms with van der Waals surface area (Å²) in [4.78, 5) is 0. The summed E-state index contributed by atoms with van der Waals surface area (Å²) in [6.07, 6.45) is -4.57. The third-order valence-corrected chi connectivity index (χ3v) is 4.84. The second kappa shape index (κ2) is 6.76. The number of rotatable bonds is 6. The van der Waals surface area contributed by atoms with Crippen LogP contribution in [0.15, 0.2) is 24.3 Å². The molecular weight excluding hydrogens is 305 g/mol. The second-order valence-corrected chi connectivity index (χ2v) is 6.95. The van der Waals surface area contributed by atoms with Crippen molar-refractivity contribution in [1.82, 2.24) is 4.31 Å². The van der Waals surface area contributed by atoms with E-state index in [4.69, 9.17) is 5.73 Å². The van der Waals surface area contributed by atoms with Gasteiger partial charge >= 0.3 is 6.18 Å². The van der Waals surface area contributed by atoms with Gasteiger partial charge in [0.25, 0.3) is 0 Å². The topological polar surface area (TPSA) is 63.4 Å². The number of hydrogen-bond acceptors (Lipinski definition) is 3. The number of halogens is 3. The molecule has 0 saturated heterocycles. The van der Waals surface area contributed by atoms with Gasteiger partial charge < -0.3 is 5.73 Å². The van der Waals surface area contributed by atoms with E-state index in [1.54, 1.807) is 24.3 Å². The molecule has 2 N–H and O–H groups in total. The fourth-order valence-corrected chi connectivity index (χ4v) is 3.61. The van der Waals surface area contributed by atoms with Crippen molar-refractivity contribution in [2.24, 2.45) is 5.73 Å². The molecule has 1 aromatic carbocycles. The SMILES string of the molecule is CC(C)N(CC(F)(F)F)S(=O)(=O)Cc1ccc(CN)cc1. The third kappa shape index (κ3) is 5.64. The molecule has 0 bridgehead atoms. The summed E-state index contributed by atoms with van der Waals surface area (Å²) in [5, 5.41) is 0. The number of alkyl halides is 3. The number of sulfonamides is 1. The van der Waals surface area contributed by atoms with Gasteiger partial charge in [0, 0.05) is 12.6 Å². The Kier molecular flexibility index (Phi) is 5.77. The number of benzene rings is 1. The maximum Gasteiger partial charge on any atom is 0.402 e. The molecule has 4 nitrogen and oxygen atoms in total. The Balaban J connectivity index is 2.95. The predicted molar refractivity (Wildman–Crippen MR) is 74.9 cm³/mol. The zero-order chi connectivity index (χ0) is 16.3. The molecule has 0 saturated carbocycles. The molecule has 0 heterocycles. The van der Waals surface area contributed by atoms with E-state index in [0.29, 0.717) is 16.4 Å². The smallest absolute Gasteiger partial charge is 0.326 e. The van der Waals surface area contributed by atoms with Crippen LogP contribution in [-0.2, 0) is 22.3 Å². The number of nitrogens with zero attached hydrogens (tertiary/aromatic N) is 1. The largest absolute Gasteiger partial charge is 0.402 e. The minimum absolute atomic E-state index is 0.319. The van der Waals surface area contributed by atoms with E-state index in [1.165, 1.54) is 13.8 Å². The molecular formula is C13H19F3N2O2S. The van der Waals surface area contributed by atoms with E-state index in [1.807, 2.05) is 0 Å². The molecule has 0 atom stereocenters.